The fourth-order valence-corrected chi connectivity index (χ4v) is 4.77. The summed E-state index contributed by atoms with van der Waals surface area (Å²) in [4.78, 5) is 67.4. The number of guanidine groups is 1. The molecule has 0 fully saturated rings. The molecule has 0 saturated carbocycles. The number of aromatic carboxylic acids is 1. The quantitative estimate of drug-likeness (QED) is 0.0868. The number of nitrogens with two attached hydrogens (primary N) is 2. The molecule has 0 radical (unpaired) electrons. The van der Waals surface area contributed by atoms with Crippen LogP contribution in [0.5, 0.6) is 17.2 Å². The fourth-order valence-electron chi connectivity index (χ4n) is 4.77. The molecule has 1 aliphatic heterocycles. The lowest BCUT2D eigenvalue weighted by Crippen LogP contribution is -2.46. The highest BCUT2D eigenvalue weighted by molar-refractivity contribution is 6.01. The lowest BCUT2D eigenvalue weighted by molar-refractivity contribution is -0.149. The van der Waals surface area contributed by atoms with Crippen LogP contribution in [0.25, 0.3) is 0 Å². The van der Waals surface area contributed by atoms with Crippen molar-refractivity contribution < 1.29 is 53.9 Å². The van der Waals surface area contributed by atoms with Crippen molar-refractivity contribution in [1.82, 2.24) is 4.90 Å². The molecule has 45 heavy (non-hydrogen) atoms. The number of ether oxygens (including phenoxy) is 2. The van der Waals surface area contributed by atoms with Gasteiger partial charge in [-0.3, -0.25) is 9.59 Å². The van der Waals surface area contributed by atoms with Crippen molar-refractivity contribution in [1.29, 1.82) is 0 Å². The van der Waals surface area contributed by atoms with Crippen LogP contribution in [0.2, 0.25) is 0 Å². The molecule has 1 atom stereocenters. The summed E-state index contributed by atoms with van der Waals surface area (Å²) < 4.78 is 11.5. The maximum absolute atomic E-state index is 14.0. The zero-order valence-electron chi connectivity index (χ0n) is 23.5. The molecule has 0 bridgehead atoms. The number of phenols is 1. The Morgan fingerprint density at radius 1 is 1.00 bits per heavy atom. The number of esters is 1. The first-order valence-corrected chi connectivity index (χ1v) is 13.4. The number of benzene rings is 3. The molecule has 0 saturated heterocycles. The zero-order valence-corrected chi connectivity index (χ0v) is 23.5. The van der Waals surface area contributed by atoms with Crippen LogP contribution in [-0.2, 0) is 22.6 Å². The molecule has 15 heteroatoms. The molecule has 1 heterocycles. The predicted octanol–water partition coefficient (Wildman–Crippen LogP) is 2.11. The molecule has 3 aromatic carbocycles. The molecule has 0 aromatic heterocycles. The summed E-state index contributed by atoms with van der Waals surface area (Å²) in [6.07, 6.45) is -0.316. The van der Waals surface area contributed by atoms with Gasteiger partial charge in [0.05, 0.1) is 35.4 Å². The third kappa shape index (κ3) is 7.64. The van der Waals surface area contributed by atoms with E-state index in [1.54, 1.807) is 6.07 Å². The lowest BCUT2D eigenvalue weighted by atomic mass is 10.0. The number of carboxylic acid groups (broad SMARTS) is 3. The molecule has 0 aliphatic carbocycles. The summed E-state index contributed by atoms with van der Waals surface area (Å²) in [6.45, 7) is -0.584. The number of nitrogens with zero attached hydrogens (tertiary/aromatic N) is 2. The van der Waals surface area contributed by atoms with Crippen molar-refractivity contribution in [2.75, 3.05) is 6.61 Å². The van der Waals surface area contributed by atoms with E-state index >= 15 is 0 Å². The first-order valence-electron chi connectivity index (χ1n) is 13.4. The number of carboxylic acids is 3. The van der Waals surface area contributed by atoms with Gasteiger partial charge in [0, 0.05) is 6.54 Å². The van der Waals surface area contributed by atoms with E-state index in [-0.39, 0.29) is 46.3 Å². The first-order chi connectivity index (χ1) is 21.3. The molecule has 1 unspecified atom stereocenters. The van der Waals surface area contributed by atoms with Crippen LogP contribution >= 0.6 is 0 Å². The molecule has 0 spiro atoms. The second-order valence-corrected chi connectivity index (χ2v) is 9.93. The van der Waals surface area contributed by atoms with E-state index in [0.717, 1.165) is 18.2 Å². The maximum atomic E-state index is 14.0. The minimum absolute atomic E-state index is 0.00791. The Morgan fingerprint density at radius 2 is 1.76 bits per heavy atom. The van der Waals surface area contributed by atoms with E-state index in [1.165, 1.54) is 30.3 Å². The van der Waals surface area contributed by atoms with E-state index in [2.05, 4.69) is 4.99 Å². The van der Waals surface area contributed by atoms with Gasteiger partial charge in [0.1, 0.15) is 11.8 Å². The first kappa shape index (κ1) is 31.8. The fraction of sp³-hybridized carbons (Fsp3) is 0.200. The van der Waals surface area contributed by atoms with Gasteiger partial charge in [-0.2, -0.15) is 0 Å². The third-order valence-corrected chi connectivity index (χ3v) is 6.68. The van der Waals surface area contributed by atoms with Crippen LogP contribution in [0.15, 0.2) is 59.6 Å². The number of aliphatic imine (C=N–C) groups is 1. The van der Waals surface area contributed by atoms with Crippen molar-refractivity contribution in [3.63, 3.8) is 0 Å². The van der Waals surface area contributed by atoms with Crippen molar-refractivity contribution in [3.8, 4) is 17.2 Å². The zero-order chi connectivity index (χ0) is 32.8. The Labute approximate surface area is 254 Å². The van der Waals surface area contributed by atoms with Crippen LogP contribution in [-0.4, -0.2) is 73.7 Å². The number of hydrogen-bond donors (Lipinski definition) is 6. The number of rotatable bonds is 9. The van der Waals surface area contributed by atoms with E-state index in [9.17, 15) is 44.4 Å². The molecule has 1 aliphatic rings. The van der Waals surface area contributed by atoms with Gasteiger partial charge in [-0.1, -0.05) is 6.07 Å². The molecule has 8 N–H and O–H groups in total. The summed E-state index contributed by atoms with van der Waals surface area (Å²) in [5.41, 5.74) is 11.5. The normalized spacial score (nSPS) is 13.1. The van der Waals surface area contributed by atoms with Crippen LogP contribution in [0.4, 0.5) is 5.69 Å². The number of aryl methyl sites for hydroxylation is 1. The molecular weight excluding hydrogens is 592 g/mol. The summed E-state index contributed by atoms with van der Waals surface area (Å²) in [5, 5.41) is 38.8. The topological polar surface area (TPSA) is 252 Å². The summed E-state index contributed by atoms with van der Waals surface area (Å²) >= 11 is 0. The van der Waals surface area contributed by atoms with Crippen molar-refractivity contribution in [2.24, 2.45) is 16.5 Å². The Bertz CT molecular complexity index is 1720. The Balaban J connectivity index is 1.77. The van der Waals surface area contributed by atoms with Crippen LogP contribution < -0.4 is 20.9 Å². The number of para-hydroxylation sites is 1. The van der Waals surface area contributed by atoms with Gasteiger partial charge in [0.25, 0.3) is 5.91 Å². The number of aromatic hydroxyl groups is 1. The van der Waals surface area contributed by atoms with Gasteiger partial charge >= 0.3 is 23.9 Å². The smallest absolute Gasteiger partial charge is 0.343 e. The average Bonchev–Trinajstić information content (AvgIpc) is 2.96. The van der Waals surface area contributed by atoms with Gasteiger partial charge in [0.2, 0.25) is 0 Å². The highest BCUT2D eigenvalue weighted by Crippen LogP contribution is 2.35. The van der Waals surface area contributed by atoms with E-state index in [0.29, 0.717) is 29.0 Å². The maximum Gasteiger partial charge on any atom is 0.343 e. The van der Waals surface area contributed by atoms with Gasteiger partial charge in [-0.25, -0.2) is 19.4 Å². The summed E-state index contributed by atoms with van der Waals surface area (Å²) in [5.74, 6) is -7.37. The van der Waals surface area contributed by atoms with Crippen LogP contribution in [0.1, 0.15) is 55.0 Å². The van der Waals surface area contributed by atoms with Crippen molar-refractivity contribution in [2.45, 2.75) is 31.8 Å². The number of fused-ring (bicyclic) bond motifs is 2. The number of hydrogen-bond acceptors (Lipinski definition) is 9. The highest BCUT2D eigenvalue weighted by Gasteiger charge is 2.35. The van der Waals surface area contributed by atoms with Gasteiger partial charge < -0.3 is 46.3 Å². The minimum Gasteiger partial charge on any atom is -0.508 e. The van der Waals surface area contributed by atoms with Crippen molar-refractivity contribution >= 4 is 41.4 Å². The number of carbonyl (C=O) groups is 5. The molecular formula is C30H28N4O11. The standard InChI is InChI=1S/C30H28N4O11/c31-30(32)33-18-6-7-20-16(11-18)3-2-8-44-25-21(4-1-5-23(25)45-29(20)43)26(38)34(22(28(41)42)13-24(36)37)14-15-9-17(27(39)40)12-19(35)10-15/h1,4-7,9-12,22,35H,2-3,8,13-14H2,(H,36,37)(H,39,40)(H,41,42)(H4,31,32,33). The second kappa shape index (κ2) is 13.5. The molecule has 1 amide bonds. The molecule has 4 rings (SSSR count). The Morgan fingerprint density at radius 3 is 2.42 bits per heavy atom. The Hall–Kier alpha value is -6.12. The SMILES string of the molecule is NC(N)=Nc1ccc2c(c1)CCCOc1c(cccc1C(=O)N(Cc1cc(O)cc(C(=O)O)c1)C(CC(=O)O)C(=O)O)OC2=O. The van der Waals surface area contributed by atoms with Gasteiger partial charge in [-0.05, 0) is 72.5 Å². The third-order valence-electron chi connectivity index (χ3n) is 6.68. The van der Waals surface area contributed by atoms with Gasteiger partial charge in [0.15, 0.2) is 17.5 Å². The number of carbonyl (C=O) groups excluding carboxylic acids is 2. The monoisotopic (exact) mass is 620 g/mol. The number of phenolic OH excluding ortho intramolecular Hbond substituents is 1. The molecule has 3 aromatic rings. The number of amides is 1. The minimum atomic E-state index is -1.92. The largest absolute Gasteiger partial charge is 0.508 e. The van der Waals surface area contributed by atoms with Crippen molar-refractivity contribution in [3.05, 3.63) is 82.4 Å². The van der Waals surface area contributed by atoms with Gasteiger partial charge in [-0.15, -0.1) is 0 Å². The van der Waals surface area contributed by atoms with E-state index in [1.807, 2.05) is 0 Å². The Kier molecular flexibility index (Phi) is 9.51. The van der Waals surface area contributed by atoms with Crippen LogP contribution in [0.3, 0.4) is 0 Å². The summed E-state index contributed by atoms with van der Waals surface area (Å²) in [7, 11) is 0. The molecule has 15 nitrogen and oxygen atoms in total. The molecule has 234 valence electrons. The van der Waals surface area contributed by atoms with E-state index < -0.39 is 54.5 Å². The highest BCUT2D eigenvalue weighted by atomic mass is 16.6. The predicted molar refractivity (Wildman–Crippen MR) is 156 cm³/mol. The second-order valence-electron chi connectivity index (χ2n) is 9.93. The van der Waals surface area contributed by atoms with Crippen LogP contribution in [0, 0.1) is 0 Å². The lowest BCUT2D eigenvalue weighted by Gasteiger charge is -2.29. The average molecular weight is 621 g/mol. The summed E-state index contributed by atoms with van der Waals surface area (Å²) in [6, 6.07) is 9.91. The number of aliphatic carboxylic acids is 2. The van der Waals surface area contributed by atoms with E-state index in [4.69, 9.17) is 20.9 Å².